The molecule has 1 aromatic heterocycles. The molecule has 116 valence electrons. The van der Waals surface area contributed by atoms with Crippen LogP contribution in [0.4, 0.5) is 5.82 Å². The van der Waals surface area contributed by atoms with Gasteiger partial charge in [-0.3, -0.25) is 0 Å². The predicted molar refractivity (Wildman–Crippen MR) is 83.7 cm³/mol. The molecule has 2 rings (SSSR count). The van der Waals surface area contributed by atoms with E-state index >= 15 is 0 Å². The molecule has 1 saturated heterocycles. The molecule has 5 nitrogen and oxygen atoms in total. The van der Waals surface area contributed by atoms with Gasteiger partial charge in [0.1, 0.15) is 5.82 Å². The van der Waals surface area contributed by atoms with Crippen LogP contribution in [0.2, 0.25) is 0 Å². The molecule has 0 saturated carbocycles. The number of nitrogens with one attached hydrogen (secondary N) is 1. The molecular formula is C16H25N3O2. The van der Waals surface area contributed by atoms with Crippen LogP contribution in [0, 0.1) is 5.92 Å². The molecule has 0 aromatic carbocycles. The van der Waals surface area contributed by atoms with E-state index in [2.05, 4.69) is 29.0 Å². The Kier molecular flexibility index (Phi) is 5.56. The number of methoxy groups -OCH3 is 1. The van der Waals surface area contributed by atoms with Crippen molar-refractivity contribution in [3.05, 3.63) is 23.9 Å². The first-order valence-corrected chi connectivity index (χ1v) is 7.63. The largest absolute Gasteiger partial charge is 0.465 e. The summed E-state index contributed by atoms with van der Waals surface area (Å²) in [6.07, 6.45) is 4.11. The number of nitrogens with zero attached hydrogens (tertiary/aromatic N) is 2. The van der Waals surface area contributed by atoms with Crippen molar-refractivity contribution >= 4 is 11.8 Å². The highest BCUT2D eigenvalue weighted by Crippen LogP contribution is 2.18. The molecule has 1 aliphatic rings. The van der Waals surface area contributed by atoms with Crippen LogP contribution in [0.5, 0.6) is 0 Å². The zero-order valence-corrected chi connectivity index (χ0v) is 13.1. The molecule has 0 aliphatic carbocycles. The maximum atomic E-state index is 11.7. The normalized spacial score (nSPS) is 18.0. The van der Waals surface area contributed by atoms with Crippen LogP contribution in [-0.2, 0) is 4.74 Å². The SMILES string of the molecule is COC(=O)c1ccnc(N(CC(C)C)CC2CCCN2)c1. The van der Waals surface area contributed by atoms with Crippen LogP contribution in [0.15, 0.2) is 18.3 Å². The van der Waals surface area contributed by atoms with Crippen molar-refractivity contribution in [3.8, 4) is 0 Å². The molecule has 5 heteroatoms. The number of hydrogen-bond donors (Lipinski definition) is 1. The Balaban J connectivity index is 2.16. The van der Waals surface area contributed by atoms with Crippen molar-refractivity contribution < 1.29 is 9.53 Å². The molecular weight excluding hydrogens is 266 g/mol. The van der Waals surface area contributed by atoms with Crippen molar-refractivity contribution in [2.45, 2.75) is 32.7 Å². The third-order valence-electron chi connectivity index (χ3n) is 3.68. The highest BCUT2D eigenvalue weighted by atomic mass is 16.5. The average Bonchev–Trinajstić information content (AvgIpc) is 2.98. The van der Waals surface area contributed by atoms with Crippen LogP contribution < -0.4 is 10.2 Å². The van der Waals surface area contributed by atoms with E-state index in [1.54, 1.807) is 12.3 Å². The summed E-state index contributed by atoms with van der Waals surface area (Å²) in [6, 6.07) is 4.02. The summed E-state index contributed by atoms with van der Waals surface area (Å²) in [6.45, 7) is 7.33. The first-order chi connectivity index (χ1) is 10.1. The van der Waals surface area contributed by atoms with Crippen molar-refractivity contribution in [2.24, 2.45) is 5.92 Å². The van der Waals surface area contributed by atoms with Gasteiger partial charge in [-0.15, -0.1) is 0 Å². The van der Waals surface area contributed by atoms with Crippen molar-refractivity contribution in [3.63, 3.8) is 0 Å². The Bertz CT molecular complexity index is 470. The lowest BCUT2D eigenvalue weighted by Gasteiger charge is -2.28. The second-order valence-corrected chi connectivity index (χ2v) is 5.99. The van der Waals surface area contributed by atoms with E-state index in [9.17, 15) is 4.79 Å². The highest BCUT2D eigenvalue weighted by molar-refractivity contribution is 5.90. The fraction of sp³-hybridized carbons (Fsp3) is 0.625. The van der Waals surface area contributed by atoms with E-state index in [1.165, 1.54) is 20.0 Å². The summed E-state index contributed by atoms with van der Waals surface area (Å²) < 4.78 is 4.79. The smallest absolute Gasteiger partial charge is 0.338 e. The van der Waals surface area contributed by atoms with Crippen LogP contribution in [-0.4, -0.2) is 43.7 Å². The number of hydrogen-bond acceptors (Lipinski definition) is 5. The fourth-order valence-electron chi connectivity index (χ4n) is 2.72. The van der Waals surface area contributed by atoms with Gasteiger partial charge < -0.3 is 15.0 Å². The minimum Gasteiger partial charge on any atom is -0.465 e. The van der Waals surface area contributed by atoms with Crippen molar-refractivity contribution in [1.82, 2.24) is 10.3 Å². The van der Waals surface area contributed by atoms with Crippen LogP contribution in [0.25, 0.3) is 0 Å². The van der Waals surface area contributed by atoms with Crippen molar-refractivity contribution in [1.29, 1.82) is 0 Å². The van der Waals surface area contributed by atoms with Gasteiger partial charge in [-0.05, 0) is 37.4 Å². The van der Waals surface area contributed by atoms with Crippen molar-refractivity contribution in [2.75, 3.05) is 31.6 Å². The molecule has 0 spiro atoms. The third-order valence-corrected chi connectivity index (χ3v) is 3.68. The predicted octanol–water partition coefficient (Wildman–Crippen LogP) is 2.08. The van der Waals surface area contributed by atoms with Gasteiger partial charge in [-0.1, -0.05) is 13.8 Å². The van der Waals surface area contributed by atoms with Gasteiger partial charge in [-0.25, -0.2) is 9.78 Å². The molecule has 2 heterocycles. The Morgan fingerprint density at radius 3 is 3.00 bits per heavy atom. The molecule has 0 amide bonds. The summed E-state index contributed by atoms with van der Waals surface area (Å²) >= 11 is 0. The fourth-order valence-corrected chi connectivity index (χ4v) is 2.72. The van der Waals surface area contributed by atoms with Gasteiger partial charge in [0.25, 0.3) is 0 Å². The summed E-state index contributed by atoms with van der Waals surface area (Å²) in [5.41, 5.74) is 0.552. The van der Waals surface area contributed by atoms with Gasteiger partial charge in [0.2, 0.25) is 0 Å². The van der Waals surface area contributed by atoms with Crippen LogP contribution in [0.1, 0.15) is 37.0 Å². The number of ether oxygens (including phenoxy) is 1. The molecule has 1 aromatic rings. The first-order valence-electron chi connectivity index (χ1n) is 7.63. The van der Waals surface area contributed by atoms with E-state index in [0.717, 1.165) is 25.5 Å². The third kappa shape index (κ3) is 4.43. The monoisotopic (exact) mass is 291 g/mol. The Morgan fingerprint density at radius 1 is 1.57 bits per heavy atom. The highest BCUT2D eigenvalue weighted by Gasteiger charge is 2.20. The number of aromatic nitrogens is 1. The molecule has 21 heavy (non-hydrogen) atoms. The Morgan fingerprint density at radius 2 is 2.38 bits per heavy atom. The summed E-state index contributed by atoms with van der Waals surface area (Å²) in [5, 5.41) is 3.52. The van der Waals surface area contributed by atoms with Crippen LogP contribution in [0.3, 0.4) is 0 Å². The Labute approximate surface area is 126 Å². The van der Waals surface area contributed by atoms with Gasteiger partial charge in [0.05, 0.1) is 12.7 Å². The van der Waals surface area contributed by atoms with E-state index in [-0.39, 0.29) is 5.97 Å². The second-order valence-electron chi connectivity index (χ2n) is 5.99. The molecule has 1 fully saturated rings. The lowest BCUT2D eigenvalue weighted by Crippen LogP contribution is -2.40. The lowest BCUT2D eigenvalue weighted by molar-refractivity contribution is 0.0600. The summed E-state index contributed by atoms with van der Waals surface area (Å²) in [5.74, 6) is 1.07. The van der Waals surface area contributed by atoms with Gasteiger partial charge in [-0.2, -0.15) is 0 Å². The number of rotatable bonds is 6. The molecule has 0 radical (unpaired) electrons. The van der Waals surface area contributed by atoms with Crippen LogP contribution >= 0.6 is 0 Å². The first kappa shape index (κ1) is 15.8. The molecule has 1 unspecified atom stereocenters. The lowest BCUT2D eigenvalue weighted by atomic mass is 10.1. The van der Waals surface area contributed by atoms with E-state index < -0.39 is 0 Å². The minimum absolute atomic E-state index is 0.317. The number of anilines is 1. The zero-order chi connectivity index (χ0) is 15.2. The topological polar surface area (TPSA) is 54.5 Å². The molecule has 1 aliphatic heterocycles. The standard InChI is InChI=1S/C16H25N3O2/c1-12(2)10-19(11-14-5-4-7-17-14)15-9-13(6-8-18-15)16(20)21-3/h6,8-9,12,14,17H,4-5,7,10-11H2,1-3H3. The van der Waals surface area contributed by atoms with Gasteiger partial charge in [0.15, 0.2) is 0 Å². The summed E-state index contributed by atoms with van der Waals surface area (Å²) in [4.78, 5) is 18.4. The minimum atomic E-state index is -0.317. The maximum Gasteiger partial charge on any atom is 0.338 e. The van der Waals surface area contributed by atoms with E-state index in [1.807, 2.05) is 6.07 Å². The van der Waals surface area contributed by atoms with E-state index in [4.69, 9.17) is 4.74 Å². The Hall–Kier alpha value is -1.62. The number of pyridine rings is 1. The van der Waals surface area contributed by atoms with Gasteiger partial charge in [0, 0.05) is 25.3 Å². The average molecular weight is 291 g/mol. The number of carbonyl (C=O) groups excluding carboxylic acids is 1. The zero-order valence-electron chi connectivity index (χ0n) is 13.1. The molecule has 1 N–H and O–H groups in total. The van der Waals surface area contributed by atoms with Gasteiger partial charge >= 0.3 is 5.97 Å². The molecule has 1 atom stereocenters. The van der Waals surface area contributed by atoms with E-state index in [0.29, 0.717) is 17.5 Å². The number of esters is 1. The second kappa shape index (κ2) is 7.41. The summed E-state index contributed by atoms with van der Waals surface area (Å²) in [7, 11) is 1.40. The number of carbonyl (C=O) groups is 1. The quantitative estimate of drug-likeness (QED) is 0.813. The maximum absolute atomic E-state index is 11.7. The molecule has 0 bridgehead atoms.